The predicted molar refractivity (Wildman–Crippen MR) is 71.3 cm³/mol. The lowest BCUT2D eigenvalue weighted by atomic mass is 9.99. The lowest BCUT2D eigenvalue weighted by Crippen LogP contribution is -2.46. The first-order valence-corrected chi connectivity index (χ1v) is 7.49. The van der Waals surface area contributed by atoms with Gasteiger partial charge in [-0.25, -0.2) is 4.98 Å². The van der Waals surface area contributed by atoms with Crippen LogP contribution in [-0.2, 0) is 5.54 Å². The van der Waals surface area contributed by atoms with Crippen LogP contribution in [0.5, 0.6) is 0 Å². The number of rotatable bonds is 4. The van der Waals surface area contributed by atoms with Gasteiger partial charge >= 0.3 is 0 Å². The van der Waals surface area contributed by atoms with Gasteiger partial charge in [-0.1, -0.05) is 0 Å². The molecule has 1 saturated heterocycles. The molecule has 94 valence electrons. The molecule has 1 saturated carbocycles. The van der Waals surface area contributed by atoms with Crippen molar-refractivity contribution in [1.29, 1.82) is 0 Å². The average Bonchev–Trinajstić information content (AvgIpc) is 2.84. The van der Waals surface area contributed by atoms with Gasteiger partial charge in [-0.2, -0.15) is 0 Å². The Bertz CT molecular complexity index is 372. The van der Waals surface area contributed by atoms with Crippen molar-refractivity contribution >= 4 is 11.3 Å². The first kappa shape index (κ1) is 11.6. The normalized spacial score (nSPS) is 30.3. The number of aromatic nitrogens is 1. The van der Waals surface area contributed by atoms with Crippen LogP contribution in [-0.4, -0.2) is 35.1 Å². The molecule has 2 fully saturated rings. The maximum Gasteiger partial charge on any atom is 0.114 e. The minimum atomic E-state index is 0.138. The minimum Gasteiger partial charge on any atom is -0.301 e. The molecule has 0 bridgehead atoms. The first-order chi connectivity index (χ1) is 8.20. The largest absolute Gasteiger partial charge is 0.301 e. The Labute approximate surface area is 107 Å². The summed E-state index contributed by atoms with van der Waals surface area (Å²) in [5.74, 6) is 0. The molecule has 1 aliphatic heterocycles. The molecule has 1 unspecified atom stereocenters. The fourth-order valence-electron chi connectivity index (χ4n) is 2.71. The molecule has 17 heavy (non-hydrogen) atoms. The van der Waals surface area contributed by atoms with E-state index in [4.69, 9.17) is 0 Å². The average molecular weight is 251 g/mol. The van der Waals surface area contributed by atoms with Crippen LogP contribution in [0.4, 0.5) is 0 Å². The van der Waals surface area contributed by atoms with E-state index in [0.29, 0.717) is 6.04 Å². The van der Waals surface area contributed by atoms with Crippen LogP contribution in [0.2, 0.25) is 0 Å². The number of likely N-dealkylation sites (tertiary alicyclic amines) is 1. The summed E-state index contributed by atoms with van der Waals surface area (Å²) in [6, 6.07) is 1.38. The van der Waals surface area contributed by atoms with E-state index in [1.165, 1.54) is 30.8 Å². The van der Waals surface area contributed by atoms with Crippen molar-refractivity contribution in [3.8, 4) is 0 Å². The molecule has 1 aliphatic carbocycles. The predicted octanol–water partition coefficient (Wildman–Crippen LogP) is 2.20. The Morgan fingerprint density at radius 2 is 2.35 bits per heavy atom. The maximum absolute atomic E-state index is 4.57. The van der Waals surface area contributed by atoms with Crippen molar-refractivity contribution in [3.05, 3.63) is 16.6 Å². The van der Waals surface area contributed by atoms with Crippen LogP contribution >= 0.6 is 11.3 Å². The van der Waals surface area contributed by atoms with Gasteiger partial charge in [-0.15, -0.1) is 11.3 Å². The summed E-state index contributed by atoms with van der Waals surface area (Å²) < 4.78 is 0. The molecule has 0 radical (unpaired) electrons. The van der Waals surface area contributed by atoms with E-state index in [1.807, 2.05) is 6.20 Å². The van der Waals surface area contributed by atoms with Crippen molar-refractivity contribution < 1.29 is 0 Å². The van der Waals surface area contributed by atoms with E-state index in [2.05, 4.69) is 34.4 Å². The molecule has 2 heterocycles. The van der Waals surface area contributed by atoms with Crippen LogP contribution in [0.15, 0.2) is 11.6 Å². The summed E-state index contributed by atoms with van der Waals surface area (Å²) in [5, 5.41) is 7.25. The monoisotopic (exact) mass is 251 g/mol. The molecule has 4 heteroatoms. The fraction of sp³-hybridized carbons (Fsp3) is 0.769. The Hall–Kier alpha value is -0.450. The zero-order chi connectivity index (χ0) is 11.9. The van der Waals surface area contributed by atoms with Gasteiger partial charge in [0, 0.05) is 36.8 Å². The smallest absolute Gasteiger partial charge is 0.114 e. The highest BCUT2D eigenvalue weighted by atomic mass is 32.1. The van der Waals surface area contributed by atoms with Gasteiger partial charge in [0.05, 0.1) is 5.54 Å². The summed E-state index contributed by atoms with van der Waals surface area (Å²) in [6.45, 7) is 6.88. The van der Waals surface area contributed by atoms with E-state index in [-0.39, 0.29) is 5.54 Å². The number of nitrogens with zero attached hydrogens (tertiary/aromatic N) is 2. The molecule has 3 rings (SSSR count). The second-order valence-corrected chi connectivity index (χ2v) is 6.55. The van der Waals surface area contributed by atoms with E-state index in [9.17, 15) is 0 Å². The molecule has 0 aromatic carbocycles. The van der Waals surface area contributed by atoms with E-state index in [0.717, 1.165) is 12.6 Å². The third-order valence-electron chi connectivity index (χ3n) is 3.93. The Morgan fingerprint density at radius 3 is 2.88 bits per heavy atom. The third kappa shape index (κ3) is 2.26. The quantitative estimate of drug-likeness (QED) is 0.889. The van der Waals surface area contributed by atoms with Gasteiger partial charge in [0.25, 0.3) is 0 Å². The molecule has 0 spiro atoms. The van der Waals surface area contributed by atoms with Crippen LogP contribution < -0.4 is 5.32 Å². The van der Waals surface area contributed by atoms with Gasteiger partial charge in [0.1, 0.15) is 5.01 Å². The zero-order valence-electron chi connectivity index (χ0n) is 10.6. The SMILES string of the molecule is CC(C)N1CCC(NC2CC2)(c2nccs2)C1. The molecular weight excluding hydrogens is 230 g/mol. The highest BCUT2D eigenvalue weighted by Crippen LogP contribution is 2.37. The molecular formula is C13H21N3S. The topological polar surface area (TPSA) is 28.2 Å². The van der Waals surface area contributed by atoms with E-state index in [1.54, 1.807) is 11.3 Å². The van der Waals surface area contributed by atoms with Gasteiger partial charge in [0.2, 0.25) is 0 Å². The molecule has 1 N–H and O–H groups in total. The lowest BCUT2D eigenvalue weighted by Gasteiger charge is -2.30. The Balaban J connectivity index is 1.82. The van der Waals surface area contributed by atoms with Gasteiger partial charge in [-0.3, -0.25) is 4.90 Å². The molecule has 2 aliphatic rings. The molecule has 1 atom stereocenters. The number of nitrogens with one attached hydrogen (secondary N) is 1. The molecule has 3 nitrogen and oxygen atoms in total. The molecule has 1 aromatic rings. The third-order valence-corrected chi connectivity index (χ3v) is 4.91. The van der Waals surface area contributed by atoms with Crippen molar-refractivity contribution in [3.63, 3.8) is 0 Å². The number of thiazole rings is 1. The summed E-state index contributed by atoms with van der Waals surface area (Å²) in [6.07, 6.45) is 5.83. The lowest BCUT2D eigenvalue weighted by molar-refractivity contribution is 0.238. The van der Waals surface area contributed by atoms with Crippen LogP contribution in [0.25, 0.3) is 0 Å². The highest BCUT2D eigenvalue weighted by molar-refractivity contribution is 7.09. The van der Waals surface area contributed by atoms with Gasteiger partial charge in [-0.05, 0) is 33.1 Å². The van der Waals surface area contributed by atoms with Gasteiger partial charge in [0.15, 0.2) is 0 Å². The first-order valence-electron chi connectivity index (χ1n) is 6.61. The standard InChI is InChI=1S/C13H21N3S/c1-10(2)16-7-5-13(9-16,15-11-3-4-11)12-14-6-8-17-12/h6,8,10-11,15H,3-5,7,9H2,1-2H3. The Morgan fingerprint density at radius 1 is 1.53 bits per heavy atom. The van der Waals surface area contributed by atoms with E-state index >= 15 is 0 Å². The van der Waals surface area contributed by atoms with Crippen LogP contribution in [0, 0.1) is 0 Å². The second-order valence-electron chi connectivity index (χ2n) is 5.65. The minimum absolute atomic E-state index is 0.138. The Kier molecular flexibility index (Phi) is 2.97. The second kappa shape index (κ2) is 4.34. The van der Waals surface area contributed by atoms with Crippen molar-refractivity contribution in [2.45, 2.75) is 50.7 Å². The molecule has 1 aromatic heterocycles. The summed E-state index contributed by atoms with van der Waals surface area (Å²) in [5.41, 5.74) is 0.138. The summed E-state index contributed by atoms with van der Waals surface area (Å²) in [7, 11) is 0. The van der Waals surface area contributed by atoms with Gasteiger partial charge < -0.3 is 5.32 Å². The fourth-order valence-corrected chi connectivity index (χ4v) is 3.54. The summed E-state index contributed by atoms with van der Waals surface area (Å²) in [4.78, 5) is 7.14. The zero-order valence-corrected chi connectivity index (χ0v) is 11.5. The maximum atomic E-state index is 4.57. The van der Waals surface area contributed by atoms with Crippen molar-refractivity contribution in [2.24, 2.45) is 0 Å². The number of hydrogen-bond acceptors (Lipinski definition) is 4. The number of hydrogen-bond donors (Lipinski definition) is 1. The van der Waals surface area contributed by atoms with E-state index < -0.39 is 0 Å². The van der Waals surface area contributed by atoms with Crippen LogP contribution in [0.1, 0.15) is 38.1 Å². The van der Waals surface area contributed by atoms with Crippen molar-refractivity contribution in [2.75, 3.05) is 13.1 Å². The highest BCUT2D eigenvalue weighted by Gasteiger charge is 2.45. The van der Waals surface area contributed by atoms with Crippen molar-refractivity contribution in [1.82, 2.24) is 15.2 Å². The summed E-state index contributed by atoms with van der Waals surface area (Å²) >= 11 is 1.80. The van der Waals surface area contributed by atoms with Crippen LogP contribution in [0.3, 0.4) is 0 Å². The molecule has 0 amide bonds.